The second-order valence-electron chi connectivity index (χ2n) is 5.42. The molecule has 8 heteroatoms. The van der Waals surface area contributed by atoms with Crippen LogP contribution in [0, 0.1) is 13.8 Å². The summed E-state index contributed by atoms with van der Waals surface area (Å²) in [4.78, 5) is 0. The van der Waals surface area contributed by atoms with E-state index in [0.717, 1.165) is 27.7 Å². The Bertz CT molecular complexity index is 900. The highest BCUT2D eigenvalue weighted by molar-refractivity contribution is 7.98. The molecule has 0 fully saturated rings. The zero-order valence-electron chi connectivity index (χ0n) is 13.8. The lowest BCUT2D eigenvalue weighted by molar-refractivity contribution is 0.392. The number of rotatable bonds is 6. The molecule has 0 radical (unpaired) electrons. The largest absolute Gasteiger partial charge is 0.361 e. The molecule has 0 aliphatic heterocycles. The van der Waals surface area contributed by atoms with E-state index in [1.54, 1.807) is 30.0 Å². The van der Waals surface area contributed by atoms with Crippen molar-refractivity contribution in [2.75, 3.05) is 0 Å². The summed E-state index contributed by atoms with van der Waals surface area (Å²) in [5.74, 6) is 2.20. The number of allylic oxidation sites excluding steroid dienone is 1. The van der Waals surface area contributed by atoms with Gasteiger partial charge in [0.25, 0.3) is 0 Å². The topological polar surface area (TPSA) is 56.7 Å². The molecule has 3 rings (SSSR count). The molecule has 0 saturated carbocycles. The third-order valence-corrected chi connectivity index (χ3v) is 5.27. The maximum Gasteiger partial charge on any atom is 0.192 e. The predicted octanol–water partition coefficient (Wildman–Crippen LogP) is 5.34. The zero-order chi connectivity index (χ0) is 18.0. The van der Waals surface area contributed by atoms with Crippen LogP contribution in [0.25, 0.3) is 11.4 Å². The molecule has 25 heavy (non-hydrogen) atoms. The number of nitrogens with zero attached hydrogens (tertiary/aromatic N) is 4. The number of benzene rings is 1. The van der Waals surface area contributed by atoms with Crippen molar-refractivity contribution in [3.05, 3.63) is 57.9 Å². The smallest absolute Gasteiger partial charge is 0.192 e. The molecule has 1 aromatic carbocycles. The molecule has 0 bridgehead atoms. The molecule has 0 saturated heterocycles. The minimum Gasteiger partial charge on any atom is -0.361 e. The highest BCUT2D eigenvalue weighted by Gasteiger charge is 2.17. The lowest BCUT2D eigenvalue weighted by Gasteiger charge is -2.09. The molecule has 0 unspecified atom stereocenters. The SMILES string of the molecule is C=CCn1c(SCc2c(C)noc2C)nnc1-c1ccc(Cl)cc1Cl. The van der Waals surface area contributed by atoms with Crippen molar-refractivity contribution in [1.29, 1.82) is 0 Å². The fourth-order valence-electron chi connectivity index (χ4n) is 2.40. The van der Waals surface area contributed by atoms with Crippen LogP contribution in [-0.4, -0.2) is 19.9 Å². The van der Waals surface area contributed by atoms with Crippen molar-refractivity contribution >= 4 is 35.0 Å². The molecule has 2 heterocycles. The molecule has 0 aliphatic rings. The number of aromatic nitrogens is 4. The van der Waals surface area contributed by atoms with Gasteiger partial charge in [0.05, 0.1) is 10.7 Å². The fraction of sp³-hybridized carbons (Fsp3) is 0.235. The van der Waals surface area contributed by atoms with Gasteiger partial charge in [0.15, 0.2) is 11.0 Å². The average Bonchev–Trinajstić information content (AvgIpc) is 3.10. The molecule has 3 aromatic rings. The molecule has 0 aliphatic carbocycles. The predicted molar refractivity (Wildman–Crippen MR) is 101 cm³/mol. The van der Waals surface area contributed by atoms with Gasteiger partial charge < -0.3 is 4.52 Å². The molecule has 5 nitrogen and oxygen atoms in total. The summed E-state index contributed by atoms with van der Waals surface area (Å²) >= 11 is 13.9. The molecule has 130 valence electrons. The number of aryl methyl sites for hydroxylation is 2. The van der Waals surface area contributed by atoms with Crippen molar-refractivity contribution < 1.29 is 4.52 Å². The van der Waals surface area contributed by atoms with Gasteiger partial charge in [-0.15, -0.1) is 16.8 Å². The Balaban J connectivity index is 1.93. The summed E-state index contributed by atoms with van der Waals surface area (Å²) in [5.41, 5.74) is 2.74. The van der Waals surface area contributed by atoms with E-state index in [1.165, 1.54) is 0 Å². The van der Waals surface area contributed by atoms with Gasteiger partial charge in [0.1, 0.15) is 5.76 Å². The van der Waals surface area contributed by atoms with Crippen molar-refractivity contribution in [1.82, 2.24) is 19.9 Å². The molecule has 2 aromatic heterocycles. The van der Waals surface area contributed by atoms with Crippen LogP contribution in [0.3, 0.4) is 0 Å². The molecule has 0 N–H and O–H groups in total. The van der Waals surface area contributed by atoms with E-state index in [9.17, 15) is 0 Å². The summed E-state index contributed by atoms with van der Waals surface area (Å²) in [7, 11) is 0. The van der Waals surface area contributed by atoms with Gasteiger partial charge in [0, 0.05) is 28.4 Å². The van der Waals surface area contributed by atoms with Crippen LogP contribution in [0.4, 0.5) is 0 Å². The van der Waals surface area contributed by atoms with Gasteiger partial charge in [-0.1, -0.05) is 46.2 Å². The molecule has 0 atom stereocenters. The first kappa shape index (κ1) is 18.0. The first-order valence-electron chi connectivity index (χ1n) is 7.55. The molecule has 0 amide bonds. The minimum atomic E-state index is 0.535. The van der Waals surface area contributed by atoms with Gasteiger partial charge in [-0.3, -0.25) is 4.57 Å². The summed E-state index contributed by atoms with van der Waals surface area (Å²) in [6.45, 7) is 8.23. The molecular formula is C17H16Cl2N4OS. The van der Waals surface area contributed by atoms with Crippen LogP contribution in [0.2, 0.25) is 10.0 Å². The maximum atomic E-state index is 6.33. The second kappa shape index (κ2) is 7.64. The van der Waals surface area contributed by atoms with Gasteiger partial charge in [-0.2, -0.15) is 0 Å². The number of thioether (sulfide) groups is 1. The highest BCUT2D eigenvalue weighted by Crippen LogP contribution is 2.32. The Kier molecular flexibility index (Phi) is 5.51. The van der Waals surface area contributed by atoms with E-state index in [-0.39, 0.29) is 0 Å². The van der Waals surface area contributed by atoms with Crippen LogP contribution >= 0.6 is 35.0 Å². The normalized spacial score (nSPS) is 11.0. The van der Waals surface area contributed by atoms with Crippen LogP contribution in [0.15, 0.2) is 40.5 Å². The van der Waals surface area contributed by atoms with Crippen molar-refractivity contribution in [2.45, 2.75) is 31.3 Å². The first-order chi connectivity index (χ1) is 12.0. The third-order valence-electron chi connectivity index (χ3n) is 3.73. The van der Waals surface area contributed by atoms with E-state index in [1.807, 2.05) is 24.5 Å². The molecule has 0 spiro atoms. The van der Waals surface area contributed by atoms with Crippen LogP contribution in [-0.2, 0) is 12.3 Å². The number of halogens is 2. The van der Waals surface area contributed by atoms with Crippen LogP contribution in [0.5, 0.6) is 0 Å². The standard InChI is InChI=1S/C17H16Cl2N4OS/c1-4-7-23-16(13-6-5-12(18)8-15(13)19)20-21-17(23)25-9-14-10(2)22-24-11(14)3/h4-6,8H,1,7,9H2,2-3H3. The fourth-order valence-corrected chi connectivity index (χ4v) is 4.00. The zero-order valence-corrected chi connectivity index (χ0v) is 16.1. The third kappa shape index (κ3) is 3.76. The number of hydrogen-bond acceptors (Lipinski definition) is 5. The van der Waals surface area contributed by atoms with Crippen molar-refractivity contribution in [3.63, 3.8) is 0 Å². The van der Waals surface area contributed by atoms with E-state index >= 15 is 0 Å². The Labute approximate surface area is 160 Å². The first-order valence-corrected chi connectivity index (χ1v) is 9.29. The van der Waals surface area contributed by atoms with Gasteiger partial charge in [-0.05, 0) is 32.0 Å². The highest BCUT2D eigenvalue weighted by atomic mass is 35.5. The summed E-state index contributed by atoms with van der Waals surface area (Å²) in [5, 5.41) is 14.5. The Morgan fingerprint density at radius 1 is 1.28 bits per heavy atom. The maximum absolute atomic E-state index is 6.33. The Hall–Kier alpha value is -1.76. The Morgan fingerprint density at radius 2 is 2.08 bits per heavy atom. The monoisotopic (exact) mass is 394 g/mol. The van der Waals surface area contributed by atoms with E-state index in [0.29, 0.717) is 28.2 Å². The summed E-state index contributed by atoms with van der Waals surface area (Å²) in [6.07, 6.45) is 1.80. The summed E-state index contributed by atoms with van der Waals surface area (Å²) < 4.78 is 7.19. The second-order valence-corrected chi connectivity index (χ2v) is 7.21. The van der Waals surface area contributed by atoms with E-state index in [2.05, 4.69) is 21.9 Å². The lowest BCUT2D eigenvalue weighted by Crippen LogP contribution is -2.01. The van der Waals surface area contributed by atoms with Gasteiger partial charge in [-0.25, -0.2) is 0 Å². The van der Waals surface area contributed by atoms with Crippen molar-refractivity contribution in [2.24, 2.45) is 0 Å². The van der Waals surface area contributed by atoms with E-state index < -0.39 is 0 Å². The summed E-state index contributed by atoms with van der Waals surface area (Å²) in [6, 6.07) is 5.32. The quantitative estimate of drug-likeness (QED) is 0.417. The Morgan fingerprint density at radius 3 is 2.72 bits per heavy atom. The average molecular weight is 395 g/mol. The van der Waals surface area contributed by atoms with Gasteiger partial charge >= 0.3 is 0 Å². The van der Waals surface area contributed by atoms with Gasteiger partial charge in [0.2, 0.25) is 0 Å². The van der Waals surface area contributed by atoms with Crippen molar-refractivity contribution in [3.8, 4) is 11.4 Å². The number of hydrogen-bond donors (Lipinski definition) is 0. The molecular weight excluding hydrogens is 379 g/mol. The van der Waals surface area contributed by atoms with Crippen LogP contribution < -0.4 is 0 Å². The minimum absolute atomic E-state index is 0.535. The lowest BCUT2D eigenvalue weighted by atomic mass is 10.2. The van der Waals surface area contributed by atoms with Crippen LogP contribution in [0.1, 0.15) is 17.0 Å². The van der Waals surface area contributed by atoms with E-state index in [4.69, 9.17) is 27.7 Å².